The molecule has 0 amide bonds. The molecule has 0 aliphatic carbocycles. The first-order valence-corrected chi connectivity index (χ1v) is 7.81. The molecule has 0 fully saturated rings. The normalized spacial score (nSPS) is 11.4. The molecular weight excluding hydrogens is 421 g/mol. The maximum atomic E-state index is 11.9. The van der Waals surface area contributed by atoms with Crippen molar-refractivity contribution in [3.05, 3.63) is 38.8 Å². The smallest absolute Gasteiger partial charge is 0.278 e. The summed E-state index contributed by atoms with van der Waals surface area (Å²) in [6.07, 6.45) is 2.58. The van der Waals surface area contributed by atoms with Crippen LogP contribution in [-0.4, -0.2) is 18.4 Å². The number of rotatable bonds is 3. The van der Waals surface area contributed by atoms with Crippen LogP contribution in [-0.2, 0) is 10.0 Å². The number of halogens is 2. The number of nitrogens with zero attached hydrogens (tertiary/aromatic N) is 1. The molecule has 1 heterocycles. The van der Waals surface area contributed by atoms with Crippen LogP contribution in [0.3, 0.4) is 0 Å². The molecule has 1 aromatic carbocycles. The molecule has 0 unspecified atom stereocenters. The summed E-state index contributed by atoms with van der Waals surface area (Å²) in [5.41, 5.74) is 0.507. The van der Waals surface area contributed by atoms with E-state index in [0.717, 1.165) is 8.04 Å². The number of aromatic nitrogens is 2. The maximum Gasteiger partial charge on any atom is 0.278 e. The van der Waals surface area contributed by atoms with E-state index in [1.165, 1.54) is 12.5 Å². The number of H-pyrrole nitrogens is 1. The second-order valence-electron chi connectivity index (χ2n) is 3.15. The van der Waals surface area contributed by atoms with Crippen molar-refractivity contribution < 1.29 is 8.42 Å². The van der Waals surface area contributed by atoms with Crippen LogP contribution < -0.4 is 4.72 Å². The van der Waals surface area contributed by atoms with E-state index in [1.54, 1.807) is 18.2 Å². The lowest BCUT2D eigenvalue weighted by atomic mass is 10.3. The zero-order valence-electron chi connectivity index (χ0n) is 8.31. The van der Waals surface area contributed by atoms with E-state index in [2.05, 4.69) is 53.2 Å². The van der Waals surface area contributed by atoms with Crippen molar-refractivity contribution in [2.24, 2.45) is 0 Å². The van der Waals surface area contributed by atoms with Crippen molar-refractivity contribution in [3.8, 4) is 0 Å². The van der Waals surface area contributed by atoms with Crippen LogP contribution in [0, 0.1) is 3.57 Å². The highest BCUT2D eigenvalue weighted by Gasteiger charge is 2.15. The van der Waals surface area contributed by atoms with E-state index in [-0.39, 0.29) is 5.03 Å². The summed E-state index contributed by atoms with van der Waals surface area (Å²) in [6, 6.07) is 5.20. The number of nitrogens with one attached hydrogen (secondary N) is 2. The summed E-state index contributed by atoms with van der Waals surface area (Å²) in [4.78, 5) is 6.23. The number of hydrogen-bond acceptors (Lipinski definition) is 3. The van der Waals surface area contributed by atoms with E-state index in [4.69, 9.17) is 0 Å². The van der Waals surface area contributed by atoms with Crippen molar-refractivity contribution in [3.63, 3.8) is 0 Å². The van der Waals surface area contributed by atoms with Gasteiger partial charge < -0.3 is 4.98 Å². The monoisotopic (exact) mass is 427 g/mol. The van der Waals surface area contributed by atoms with Gasteiger partial charge in [0.1, 0.15) is 0 Å². The fourth-order valence-electron chi connectivity index (χ4n) is 1.16. The molecule has 0 spiro atoms. The third kappa shape index (κ3) is 2.99. The van der Waals surface area contributed by atoms with E-state index >= 15 is 0 Å². The van der Waals surface area contributed by atoms with Gasteiger partial charge in [-0.2, -0.15) is 8.42 Å². The van der Waals surface area contributed by atoms with Gasteiger partial charge in [0.25, 0.3) is 10.0 Å². The largest absolute Gasteiger partial charge is 0.334 e. The summed E-state index contributed by atoms with van der Waals surface area (Å²) < 4.78 is 28.0. The lowest BCUT2D eigenvalue weighted by molar-refractivity contribution is 0.598. The first-order valence-electron chi connectivity index (χ1n) is 4.45. The molecule has 8 heteroatoms. The Bertz CT molecular complexity index is 628. The molecule has 17 heavy (non-hydrogen) atoms. The van der Waals surface area contributed by atoms with Crippen molar-refractivity contribution in [2.75, 3.05) is 4.72 Å². The molecule has 90 valence electrons. The molecule has 2 N–H and O–H groups in total. The minimum absolute atomic E-state index is 0.0374. The van der Waals surface area contributed by atoms with E-state index in [0.29, 0.717) is 5.69 Å². The zero-order valence-corrected chi connectivity index (χ0v) is 12.9. The van der Waals surface area contributed by atoms with Gasteiger partial charge in [0.15, 0.2) is 5.03 Å². The topological polar surface area (TPSA) is 74.8 Å². The molecule has 0 atom stereocenters. The van der Waals surface area contributed by atoms with Gasteiger partial charge in [-0.3, -0.25) is 4.72 Å². The van der Waals surface area contributed by atoms with Crippen LogP contribution in [0.15, 0.2) is 40.2 Å². The van der Waals surface area contributed by atoms with Crippen molar-refractivity contribution in [2.45, 2.75) is 5.03 Å². The van der Waals surface area contributed by atoms with Crippen LogP contribution in [0.5, 0.6) is 0 Å². The summed E-state index contributed by atoms with van der Waals surface area (Å²) >= 11 is 5.46. The Labute approximate surface area is 120 Å². The van der Waals surface area contributed by atoms with Gasteiger partial charge in [-0.25, -0.2) is 4.98 Å². The molecule has 1 aromatic heterocycles. The summed E-state index contributed by atoms with van der Waals surface area (Å²) in [5.74, 6) is 0. The summed E-state index contributed by atoms with van der Waals surface area (Å²) in [6.45, 7) is 0. The molecule has 0 aliphatic heterocycles. The number of benzene rings is 1. The Hall–Kier alpha value is -0.610. The molecule has 2 rings (SSSR count). The molecule has 0 aliphatic rings. The highest BCUT2D eigenvalue weighted by molar-refractivity contribution is 14.1. The Balaban J connectivity index is 2.30. The number of sulfonamides is 1. The highest BCUT2D eigenvalue weighted by atomic mass is 127. The van der Waals surface area contributed by atoms with Gasteiger partial charge in [-0.15, -0.1) is 0 Å². The lowest BCUT2D eigenvalue weighted by Gasteiger charge is -2.07. The Morgan fingerprint density at radius 2 is 2.18 bits per heavy atom. The first kappa shape index (κ1) is 12.8. The second-order valence-corrected chi connectivity index (χ2v) is 6.82. The van der Waals surface area contributed by atoms with Crippen LogP contribution >= 0.6 is 38.5 Å². The minimum atomic E-state index is -3.59. The number of aromatic amines is 1. The summed E-state index contributed by atoms with van der Waals surface area (Å²) in [7, 11) is -3.59. The third-order valence-electron chi connectivity index (χ3n) is 1.93. The standard InChI is InChI=1S/C9H7BrIN3O2S/c10-7-2-1-6(3-8(7)11)14-17(15,16)9-4-12-5-13-9/h1-5,14H,(H,12,13). The average Bonchev–Trinajstić information content (AvgIpc) is 2.77. The highest BCUT2D eigenvalue weighted by Crippen LogP contribution is 2.23. The molecule has 2 aromatic rings. The number of imidazole rings is 1. The van der Waals surface area contributed by atoms with Crippen molar-refractivity contribution >= 4 is 54.2 Å². The van der Waals surface area contributed by atoms with Gasteiger partial charge in [0, 0.05) is 13.7 Å². The predicted molar refractivity (Wildman–Crippen MR) is 76.3 cm³/mol. The molecule has 0 saturated carbocycles. The molecule has 5 nitrogen and oxygen atoms in total. The van der Waals surface area contributed by atoms with Gasteiger partial charge in [-0.05, 0) is 56.7 Å². The van der Waals surface area contributed by atoms with Crippen LogP contribution in [0.4, 0.5) is 5.69 Å². The fourth-order valence-corrected chi connectivity index (χ4v) is 2.88. The predicted octanol–water partition coefficient (Wildman–Crippen LogP) is 2.58. The molecule has 0 saturated heterocycles. The van der Waals surface area contributed by atoms with Crippen molar-refractivity contribution in [1.82, 2.24) is 9.97 Å². The van der Waals surface area contributed by atoms with Gasteiger partial charge in [0.05, 0.1) is 12.5 Å². The number of hydrogen-bond donors (Lipinski definition) is 2. The Morgan fingerprint density at radius 3 is 2.76 bits per heavy atom. The Kier molecular flexibility index (Phi) is 3.73. The van der Waals surface area contributed by atoms with E-state index < -0.39 is 10.0 Å². The van der Waals surface area contributed by atoms with E-state index in [9.17, 15) is 8.42 Å². The van der Waals surface area contributed by atoms with Gasteiger partial charge in [-0.1, -0.05) is 0 Å². The Morgan fingerprint density at radius 1 is 1.41 bits per heavy atom. The minimum Gasteiger partial charge on any atom is -0.334 e. The molecule has 0 bridgehead atoms. The van der Waals surface area contributed by atoms with Crippen LogP contribution in [0.1, 0.15) is 0 Å². The SMILES string of the molecule is O=S(=O)(Nc1ccc(Br)c(I)c1)c1cnc[nH]1. The first-order chi connectivity index (χ1) is 7.99. The van der Waals surface area contributed by atoms with Crippen LogP contribution in [0.2, 0.25) is 0 Å². The molecule has 0 radical (unpaired) electrons. The van der Waals surface area contributed by atoms with Gasteiger partial charge >= 0.3 is 0 Å². The zero-order chi connectivity index (χ0) is 12.5. The maximum absolute atomic E-state index is 11.9. The second kappa shape index (κ2) is 4.94. The molecular formula is C9H7BrIN3O2S. The third-order valence-corrected chi connectivity index (χ3v) is 5.57. The van der Waals surface area contributed by atoms with E-state index in [1.807, 2.05) is 0 Å². The quantitative estimate of drug-likeness (QED) is 0.739. The lowest BCUT2D eigenvalue weighted by Crippen LogP contribution is -2.13. The van der Waals surface area contributed by atoms with Gasteiger partial charge in [0.2, 0.25) is 0 Å². The summed E-state index contributed by atoms with van der Waals surface area (Å²) in [5, 5.41) is 0.0374. The van der Waals surface area contributed by atoms with Crippen LogP contribution in [0.25, 0.3) is 0 Å². The average molecular weight is 428 g/mol. The number of anilines is 1. The fraction of sp³-hybridized carbons (Fsp3) is 0. The van der Waals surface area contributed by atoms with Crippen molar-refractivity contribution in [1.29, 1.82) is 0 Å².